The quantitative estimate of drug-likeness (QED) is 0.443. The van der Waals surface area contributed by atoms with E-state index in [1.54, 1.807) is 7.05 Å². The molecular weight excluding hydrogens is 387 g/mol. The molecule has 0 unspecified atom stereocenters. The first kappa shape index (κ1) is 18.8. The summed E-state index contributed by atoms with van der Waals surface area (Å²) in [5.41, 5.74) is 2.31. The Labute approximate surface area is 150 Å². The lowest BCUT2D eigenvalue weighted by Gasteiger charge is -2.41. The first-order chi connectivity index (χ1) is 10.2. The molecule has 0 heterocycles. The van der Waals surface area contributed by atoms with Gasteiger partial charge in [-0.3, -0.25) is 4.99 Å². The maximum Gasteiger partial charge on any atom is 0.191 e. The minimum Gasteiger partial charge on any atom is -0.356 e. The van der Waals surface area contributed by atoms with Gasteiger partial charge in [0.1, 0.15) is 0 Å². The van der Waals surface area contributed by atoms with Crippen molar-refractivity contribution in [1.82, 2.24) is 10.6 Å². The van der Waals surface area contributed by atoms with Gasteiger partial charge in [-0.05, 0) is 42.4 Å². The second kappa shape index (κ2) is 8.99. The summed E-state index contributed by atoms with van der Waals surface area (Å²) in [6.45, 7) is 3.98. The van der Waals surface area contributed by atoms with Gasteiger partial charge in [-0.1, -0.05) is 25.5 Å². The van der Waals surface area contributed by atoms with Gasteiger partial charge < -0.3 is 10.6 Å². The molecule has 22 heavy (non-hydrogen) atoms. The van der Waals surface area contributed by atoms with Gasteiger partial charge in [0.05, 0.1) is 11.6 Å². The summed E-state index contributed by atoms with van der Waals surface area (Å²) in [4.78, 5) is 4.27. The SMILES string of the molecule is CCC1(CNC(=NC)NCc2ccc(C#N)cc2)CCC1.I. The van der Waals surface area contributed by atoms with Crippen LogP contribution < -0.4 is 10.6 Å². The minimum absolute atomic E-state index is 0. The highest BCUT2D eigenvalue weighted by molar-refractivity contribution is 14.0. The first-order valence-corrected chi connectivity index (χ1v) is 7.65. The van der Waals surface area contributed by atoms with Crippen LogP contribution in [0.2, 0.25) is 0 Å². The molecule has 1 aromatic rings. The van der Waals surface area contributed by atoms with E-state index in [2.05, 4.69) is 28.6 Å². The highest BCUT2D eigenvalue weighted by Gasteiger charge is 2.34. The molecule has 120 valence electrons. The van der Waals surface area contributed by atoms with Gasteiger partial charge in [0.25, 0.3) is 0 Å². The highest BCUT2D eigenvalue weighted by Crippen LogP contribution is 2.42. The Morgan fingerprint density at radius 1 is 1.27 bits per heavy atom. The molecule has 1 aliphatic carbocycles. The van der Waals surface area contributed by atoms with Crippen molar-refractivity contribution in [2.75, 3.05) is 13.6 Å². The summed E-state index contributed by atoms with van der Waals surface area (Å²) in [7, 11) is 1.80. The van der Waals surface area contributed by atoms with E-state index < -0.39 is 0 Å². The molecule has 2 rings (SSSR count). The van der Waals surface area contributed by atoms with Crippen LogP contribution in [-0.4, -0.2) is 19.6 Å². The average molecular weight is 412 g/mol. The largest absolute Gasteiger partial charge is 0.356 e. The van der Waals surface area contributed by atoms with Crippen LogP contribution in [-0.2, 0) is 6.54 Å². The van der Waals surface area contributed by atoms with Gasteiger partial charge >= 0.3 is 0 Å². The van der Waals surface area contributed by atoms with E-state index in [-0.39, 0.29) is 24.0 Å². The van der Waals surface area contributed by atoms with Crippen molar-refractivity contribution in [1.29, 1.82) is 5.26 Å². The molecule has 1 aromatic carbocycles. The number of nitrogens with one attached hydrogen (secondary N) is 2. The third kappa shape index (κ3) is 4.87. The molecule has 5 heteroatoms. The van der Waals surface area contributed by atoms with Crippen molar-refractivity contribution in [2.24, 2.45) is 10.4 Å². The molecule has 0 saturated heterocycles. The predicted molar refractivity (Wildman–Crippen MR) is 101 cm³/mol. The van der Waals surface area contributed by atoms with E-state index in [4.69, 9.17) is 5.26 Å². The Hall–Kier alpha value is -1.29. The van der Waals surface area contributed by atoms with Crippen LogP contribution in [0.1, 0.15) is 43.7 Å². The zero-order chi connectivity index (χ0) is 15.1. The van der Waals surface area contributed by atoms with Crippen molar-refractivity contribution in [2.45, 2.75) is 39.2 Å². The molecule has 0 spiro atoms. The molecule has 1 fully saturated rings. The molecule has 0 radical (unpaired) electrons. The monoisotopic (exact) mass is 412 g/mol. The Morgan fingerprint density at radius 3 is 2.41 bits per heavy atom. The number of rotatable bonds is 5. The number of guanidine groups is 1. The van der Waals surface area contributed by atoms with Crippen molar-refractivity contribution < 1.29 is 0 Å². The lowest BCUT2D eigenvalue weighted by atomic mass is 9.67. The Morgan fingerprint density at radius 2 is 1.95 bits per heavy atom. The fourth-order valence-corrected chi connectivity index (χ4v) is 2.71. The van der Waals surface area contributed by atoms with E-state index in [0.29, 0.717) is 17.5 Å². The maximum absolute atomic E-state index is 8.79. The van der Waals surface area contributed by atoms with E-state index in [1.807, 2.05) is 24.3 Å². The number of hydrogen-bond acceptors (Lipinski definition) is 2. The molecule has 0 amide bonds. The lowest BCUT2D eigenvalue weighted by Crippen LogP contribution is -2.46. The number of halogens is 1. The zero-order valence-corrected chi connectivity index (χ0v) is 15.7. The van der Waals surface area contributed by atoms with Crippen LogP contribution >= 0.6 is 24.0 Å². The first-order valence-electron chi connectivity index (χ1n) is 7.65. The summed E-state index contributed by atoms with van der Waals surface area (Å²) >= 11 is 0. The third-order valence-electron chi connectivity index (χ3n) is 4.56. The van der Waals surface area contributed by atoms with Gasteiger partial charge in [0, 0.05) is 20.1 Å². The third-order valence-corrected chi connectivity index (χ3v) is 4.56. The normalized spacial score (nSPS) is 16.0. The molecule has 2 N–H and O–H groups in total. The number of benzene rings is 1. The number of hydrogen-bond donors (Lipinski definition) is 2. The molecule has 4 nitrogen and oxygen atoms in total. The molecule has 0 aliphatic heterocycles. The van der Waals surface area contributed by atoms with Crippen LogP contribution in [0, 0.1) is 16.7 Å². The van der Waals surface area contributed by atoms with Crippen molar-refractivity contribution in [3.63, 3.8) is 0 Å². The van der Waals surface area contributed by atoms with E-state index >= 15 is 0 Å². The summed E-state index contributed by atoms with van der Waals surface area (Å²) in [6.07, 6.45) is 5.23. The second-order valence-electron chi connectivity index (χ2n) is 5.80. The predicted octanol–water partition coefficient (Wildman–Crippen LogP) is 3.42. The van der Waals surface area contributed by atoms with Crippen LogP contribution in [0.15, 0.2) is 29.3 Å². The number of nitriles is 1. The van der Waals surface area contributed by atoms with Crippen molar-refractivity contribution in [3.8, 4) is 6.07 Å². The van der Waals surface area contributed by atoms with Crippen LogP contribution in [0.4, 0.5) is 0 Å². The summed E-state index contributed by atoms with van der Waals surface area (Å²) in [6, 6.07) is 9.75. The average Bonchev–Trinajstić information content (AvgIpc) is 2.50. The topological polar surface area (TPSA) is 60.2 Å². The standard InChI is InChI=1S/C17H24N4.HI/c1-3-17(9-4-10-17)13-21-16(19-2)20-12-15-7-5-14(11-18)6-8-15;/h5-8H,3-4,9-10,12-13H2,1-2H3,(H2,19,20,21);1H. The molecule has 0 atom stereocenters. The molecule has 1 saturated carbocycles. The molecule has 0 aromatic heterocycles. The smallest absolute Gasteiger partial charge is 0.191 e. The van der Waals surface area contributed by atoms with Crippen LogP contribution in [0.5, 0.6) is 0 Å². The second-order valence-corrected chi connectivity index (χ2v) is 5.80. The van der Waals surface area contributed by atoms with Gasteiger partial charge in [-0.2, -0.15) is 5.26 Å². The van der Waals surface area contributed by atoms with Gasteiger partial charge in [0.2, 0.25) is 0 Å². The number of aliphatic imine (C=N–C) groups is 1. The van der Waals surface area contributed by atoms with Gasteiger partial charge in [-0.15, -0.1) is 24.0 Å². The van der Waals surface area contributed by atoms with Gasteiger partial charge in [0.15, 0.2) is 5.96 Å². The molecular formula is C17H25IN4. The van der Waals surface area contributed by atoms with Gasteiger partial charge in [-0.25, -0.2) is 0 Å². The Kier molecular flexibility index (Phi) is 7.66. The van der Waals surface area contributed by atoms with E-state index in [9.17, 15) is 0 Å². The summed E-state index contributed by atoms with van der Waals surface area (Å²) in [5.74, 6) is 0.846. The minimum atomic E-state index is 0. The van der Waals surface area contributed by atoms with E-state index in [1.165, 1.54) is 25.7 Å². The summed E-state index contributed by atoms with van der Waals surface area (Å²) < 4.78 is 0. The number of nitrogens with zero attached hydrogens (tertiary/aromatic N) is 2. The fraction of sp³-hybridized carbons (Fsp3) is 0.529. The van der Waals surface area contributed by atoms with Crippen LogP contribution in [0.25, 0.3) is 0 Å². The molecule has 0 bridgehead atoms. The van der Waals surface area contributed by atoms with Crippen molar-refractivity contribution >= 4 is 29.9 Å². The van der Waals surface area contributed by atoms with Crippen LogP contribution in [0.3, 0.4) is 0 Å². The zero-order valence-electron chi connectivity index (χ0n) is 13.4. The van der Waals surface area contributed by atoms with E-state index in [0.717, 1.165) is 18.1 Å². The lowest BCUT2D eigenvalue weighted by molar-refractivity contribution is 0.131. The van der Waals surface area contributed by atoms with Crippen molar-refractivity contribution in [3.05, 3.63) is 35.4 Å². The Bertz CT molecular complexity index is 521. The molecule has 1 aliphatic rings. The Balaban J connectivity index is 0.00000242. The fourth-order valence-electron chi connectivity index (χ4n) is 2.71. The highest BCUT2D eigenvalue weighted by atomic mass is 127. The summed E-state index contributed by atoms with van der Waals surface area (Å²) in [5, 5.41) is 15.6. The maximum atomic E-state index is 8.79.